The van der Waals surface area contributed by atoms with Gasteiger partial charge in [0.1, 0.15) is 12.6 Å². The van der Waals surface area contributed by atoms with Crippen LogP contribution in [0.25, 0.3) is 0 Å². The minimum atomic E-state index is -0.464. The lowest BCUT2D eigenvalue weighted by Crippen LogP contribution is -2.35. The zero-order chi connectivity index (χ0) is 14.5. The summed E-state index contributed by atoms with van der Waals surface area (Å²) in [5.74, 6) is -0.591. The number of rotatable bonds is 6. The molecule has 1 saturated heterocycles. The largest absolute Gasteiger partial charge is 0.489 e. The van der Waals surface area contributed by atoms with E-state index in [0.717, 1.165) is 11.3 Å². The molecule has 0 spiro atoms. The number of urea groups is 1. The van der Waals surface area contributed by atoms with Crippen molar-refractivity contribution < 1.29 is 18.7 Å². The van der Waals surface area contributed by atoms with Crippen molar-refractivity contribution in [3.05, 3.63) is 30.1 Å². The summed E-state index contributed by atoms with van der Waals surface area (Å²) in [4.78, 5) is 24.7. The van der Waals surface area contributed by atoms with Crippen LogP contribution >= 0.6 is 0 Å². The van der Waals surface area contributed by atoms with Gasteiger partial charge in [-0.15, -0.1) is 0 Å². The van der Waals surface area contributed by atoms with E-state index in [1.165, 1.54) is 12.1 Å². The summed E-state index contributed by atoms with van der Waals surface area (Å²) in [7, 11) is 0. The summed E-state index contributed by atoms with van der Waals surface area (Å²) >= 11 is 0. The van der Waals surface area contributed by atoms with Gasteiger partial charge in [0.15, 0.2) is 11.6 Å². The summed E-state index contributed by atoms with van der Waals surface area (Å²) < 4.78 is 18.6. The summed E-state index contributed by atoms with van der Waals surface area (Å²) in [6.07, 6.45) is 1.44. The van der Waals surface area contributed by atoms with Gasteiger partial charge < -0.3 is 10.1 Å². The van der Waals surface area contributed by atoms with Crippen LogP contribution in [0.4, 0.5) is 9.18 Å². The molecule has 6 heteroatoms. The average molecular weight is 280 g/mol. The second-order valence-electron chi connectivity index (χ2n) is 4.56. The van der Waals surface area contributed by atoms with Gasteiger partial charge >= 0.3 is 6.03 Å². The predicted octanol–water partition coefficient (Wildman–Crippen LogP) is 1.93. The molecule has 5 nitrogen and oxygen atoms in total. The minimum Gasteiger partial charge on any atom is -0.489 e. The fourth-order valence-corrected chi connectivity index (χ4v) is 2.08. The van der Waals surface area contributed by atoms with Gasteiger partial charge in [0, 0.05) is 0 Å². The van der Waals surface area contributed by atoms with Gasteiger partial charge in [-0.05, 0) is 18.6 Å². The highest BCUT2D eigenvalue weighted by atomic mass is 19.1. The molecule has 0 aromatic heterocycles. The molecule has 0 radical (unpaired) electrons. The van der Waals surface area contributed by atoms with E-state index in [2.05, 4.69) is 5.32 Å². The van der Waals surface area contributed by atoms with Crippen molar-refractivity contribution in [3.63, 3.8) is 0 Å². The van der Waals surface area contributed by atoms with E-state index in [9.17, 15) is 14.0 Å². The Balaban J connectivity index is 1.87. The molecule has 20 heavy (non-hydrogen) atoms. The number of amides is 3. The second-order valence-corrected chi connectivity index (χ2v) is 4.56. The van der Waals surface area contributed by atoms with E-state index in [1.54, 1.807) is 12.1 Å². The number of carbonyl (C=O) groups is 2. The molecule has 0 saturated carbocycles. The van der Waals surface area contributed by atoms with Crippen LogP contribution in [0, 0.1) is 5.82 Å². The molecule has 1 aliphatic heterocycles. The highest BCUT2D eigenvalue weighted by molar-refractivity contribution is 6.04. The summed E-state index contributed by atoms with van der Waals surface area (Å²) in [6.45, 7) is 2.13. The predicted molar refractivity (Wildman–Crippen MR) is 70.8 cm³/mol. The zero-order valence-electron chi connectivity index (χ0n) is 11.3. The van der Waals surface area contributed by atoms with E-state index in [-0.39, 0.29) is 24.8 Å². The molecule has 0 aliphatic carbocycles. The quantitative estimate of drug-likeness (QED) is 0.810. The molecule has 2 rings (SSSR count). The standard InChI is InChI=1S/C14H17FN2O3/c1-2-5-11-13(18)17(14(19)16-11)8-9-20-12-7-4-3-6-10(12)15/h3-4,6-7,11H,2,5,8-9H2,1H3,(H,16,19). The third-order valence-corrected chi connectivity index (χ3v) is 3.09. The number of benzene rings is 1. The molecule has 1 fully saturated rings. The number of nitrogens with zero attached hydrogens (tertiary/aromatic N) is 1. The van der Waals surface area contributed by atoms with Gasteiger partial charge in [0.05, 0.1) is 6.54 Å². The number of hydrogen-bond donors (Lipinski definition) is 1. The van der Waals surface area contributed by atoms with Crippen molar-refractivity contribution >= 4 is 11.9 Å². The van der Waals surface area contributed by atoms with Gasteiger partial charge in [0.25, 0.3) is 5.91 Å². The highest BCUT2D eigenvalue weighted by Gasteiger charge is 2.36. The SMILES string of the molecule is CCCC1NC(=O)N(CCOc2ccccc2F)C1=O. The van der Waals surface area contributed by atoms with E-state index in [4.69, 9.17) is 4.74 Å². The fraction of sp³-hybridized carbons (Fsp3) is 0.429. The summed E-state index contributed by atoms with van der Waals surface area (Å²) in [5, 5.41) is 2.62. The third-order valence-electron chi connectivity index (χ3n) is 3.09. The van der Waals surface area contributed by atoms with Gasteiger partial charge in [0.2, 0.25) is 0 Å². The molecular formula is C14H17FN2O3. The summed E-state index contributed by atoms with van der Waals surface area (Å²) in [6, 6.07) is 5.16. The lowest BCUT2D eigenvalue weighted by atomic mass is 10.2. The highest BCUT2D eigenvalue weighted by Crippen LogP contribution is 2.16. The molecule has 1 heterocycles. The molecule has 3 amide bonds. The van der Waals surface area contributed by atoms with Gasteiger partial charge in [-0.1, -0.05) is 25.5 Å². The Morgan fingerprint density at radius 1 is 1.35 bits per heavy atom. The molecule has 1 N–H and O–H groups in total. The average Bonchev–Trinajstić information content (AvgIpc) is 2.69. The number of halogens is 1. The number of hydrogen-bond acceptors (Lipinski definition) is 3. The Labute approximate surface area is 116 Å². The Kier molecular flexibility index (Phi) is 4.55. The van der Waals surface area contributed by atoms with Gasteiger partial charge in [-0.2, -0.15) is 0 Å². The molecule has 108 valence electrons. The number of imide groups is 1. The van der Waals surface area contributed by atoms with Crippen LogP contribution in [0.2, 0.25) is 0 Å². The smallest absolute Gasteiger partial charge is 0.324 e. The molecule has 1 aromatic carbocycles. The molecule has 1 aromatic rings. The first-order chi connectivity index (χ1) is 9.63. The van der Waals surface area contributed by atoms with Crippen LogP contribution in [-0.2, 0) is 4.79 Å². The lowest BCUT2D eigenvalue weighted by Gasteiger charge is -2.13. The van der Waals surface area contributed by atoms with Crippen LogP contribution < -0.4 is 10.1 Å². The maximum Gasteiger partial charge on any atom is 0.324 e. The first kappa shape index (κ1) is 14.3. The Morgan fingerprint density at radius 3 is 2.80 bits per heavy atom. The molecule has 1 atom stereocenters. The van der Waals surface area contributed by atoms with Crippen LogP contribution in [0.15, 0.2) is 24.3 Å². The molecule has 1 unspecified atom stereocenters. The van der Waals surface area contributed by atoms with E-state index >= 15 is 0 Å². The minimum absolute atomic E-state index is 0.0684. The third kappa shape index (κ3) is 3.07. The Hall–Kier alpha value is -2.11. The Morgan fingerprint density at radius 2 is 2.10 bits per heavy atom. The van der Waals surface area contributed by atoms with Crippen LogP contribution in [-0.4, -0.2) is 36.0 Å². The number of nitrogens with one attached hydrogen (secondary N) is 1. The van der Waals surface area contributed by atoms with E-state index in [0.29, 0.717) is 6.42 Å². The maximum absolute atomic E-state index is 13.3. The van der Waals surface area contributed by atoms with Gasteiger partial charge in [-0.25, -0.2) is 9.18 Å². The van der Waals surface area contributed by atoms with E-state index in [1.807, 2.05) is 6.92 Å². The number of para-hydroxylation sites is 1. The van der Waals surface area contributed by atoms with E-state index < -0.39 is 17.9 Å². The maximum atomic E-state index is 13.3. The van der Waals surface area contributed by atoms with Gasteiger partial charge in [-0.3, -0.25) is 9.69 Å². The first-order valence-electron chi connectivity index (χ1n) is 6.62. The van der Waals surface area contributed by atoms with Crippen molar-refractivity contribution in [3.8, 4) is 5.75 Å². The van der Waals surface area contributed by atoms with Crippen molar-refractivity contribution in [2.45, 2.75) is 25.8 Å². The van der Waals surface area contributed by atoms with Crippen molar-refractivity contribution in [2.75, 3.05) is 13.2 Å². The monoisotopic (exact) mass is 280 g/mol. The van der Waals surface area contributed by atoms with Crippen LogP contribution in [0.3, 0.4) is 0 Å². The van der Waals surface area contributed by atoms with Crippen LogP contribution in [0.1, 0.15) is 19.8 Å². The topological polar surface area (TPSA) is 58.6 Å². The second kappa shape index (κ2) is 6.36. The number of carbonyl (C=O) groups excluding carboxylic acids is 2. The lowest BCUT2D eigenvalue weighted by molar-refractivity contribution is -0.127. The van der Waals surface area contributed by atoms with Crippen molar-refractivity contribution in [1.82, 2.24) is 10.2 Å². The van der Waals surface area contributed by atoms with Crippen LogP contribution in [0.5, 0.6) is 5.75 Å². The fourth-order valence-electron chi connectivity index (χ4n) is 2.08. The number of ether oxygens (including phenoxy) is 1. The zero-order valence-corrected chi connectivity index (χ0v) is 11.3. The molecule has 0 bridgehead atoms. The summed E-state index contributed by atoms with van der Waals surface area (Å²) in [5.41, 5.74) is 0. The molecule has 1 aliphatic rings. The van der Waals surface area contributed by atoms with Crippen molar-refractivity contribution in [2.24, 2.45) is 0 Å². The molecular weight excluding hydrogens is 263 g/mol. The first-order valence-corrected chi connectivity index (χ1v) is 6.62. The Bertz CT molecular complexity index is 507. The normalized spacial score (nSPS) is 18.3. The van der Waals surface area contributed by atoms with Crippen molar-refractivity contribution in [1.29, 1.82) is 0 Å².